The second-order valence-corrected chi connectivity index (χ2v) is 33.1. The highest BCUT2D eigenvalue weighted by molar-refractivity contribution is 6.03. The number of carbonyl (C=O) groups is 8. The van der Waals surface area contributed by atoms with Gasteiger partial charge in [0.05, 0.1) is 126 Å². The number of hydrogen-bond donors (Lipinski definition) is 2. The van der Waals surface area contributed by atoms with Gasteiger partial charge in [-0.2, -0.15) is 0 Å². The first kappa shape index (κ1) is 102. The van der Waals surface area contributed by atoms with E-state index < -0.39 is 89.6 Å². The normalized spacial score (nSPS) is 17.0. The van der Waals surface area contributed by atoms with Gasteiger partial charge >= 0.3 is 54.1 Å². The Balaban J connectivity index is 0.000000290. The molecule has 4 heterocycles. The van der Waals surface area contributed by atoms with Crippen LogP contribution in [-0.4, -0.2) is 134 Å². The minimum atomic E-state index is -4.83. The molecule has 2 N–H and O–H groups in total. The summed E-state index contributed by atoms with van der Waals surface area (Å²) < 4.78 is 91.1. The molecule has 0 aromatic heterocycles. The summed E-state index contributed by atoms with van der Waals surface area (Å²) in [5, 5.41) is 6.34. The lowest BCUT2D eigenvalue weighted by atomic mass is 9.79. The second kappa shape index (κ2) is 45.9. The highest BCUT2D eigenvalue weighted by Gasteiger charge is 2.46. The van der Waals surface area contributed by atoms with Gasteiger partial charge in [-0.05, 0) is 229 Å². The molecule has 25 heteroatoms. The third kappa shape index (κ3) is 26.8. The molecule has 4 aromatic rings. The van der Waals surface area contributed by atoms with Crippen LogP contribution >= 0.6 is 0 Å². The number of allylic oxidation sites excluding steroid dienone is 8. The van der Waals surface area contributed by atoms with E-state index in [1.165, 1.54) is 17.7 Å². The first-order chi connectivity index (χ1) is 57.1. The van der Waals surface area contributed by atoms with Crippen LogP contribution in [0.4, 0.5) is 13.2 Å². The van der Waals surface area contributed by atoms with E-state index in [2.05, 4.69) is 48.3 Å². The van der Waals surface area contributed by atoms with Crippen LogP contribution in [0.3, 0.4) is 0 Å². The molecule has 668 valence electrons. The molecule has 4 aromatic carbocycles. The number of hydrogen-bond acceptors (Lipinski definition) is 22. The smallest absolute Gasteiger partial charge is 0.497 e. The summed E-state index contributed by atoms with van der Waals surface area (Å²) in [6, 6.07) is 28.5. The van der Waals surface area contributed by atoms with Crippen LogP contribution in [0.1, 0.15) is 270 Å². The Labute approximate surface area is 720 Å². The van der Waals surface area contributed by atoms with E-state index in [0.717, 1.165) is 65.0 Å². The zero-order valence-corrected chi connectivity index (χ0v) is 77.0. The molecular weight excluding hydrogens is 1570 g/mol. The van der Waals surface area contributed by atoms with Crippen molar-refractivity contribution in [3.05, 3.63) is 221 Å². The quantitative estimate of drug-likeness (QED) is 0.0395. The standard InChI is InChI=1S/C25H32F3NO5.C25H35NO5.C25H35NO4.C22H29NO4/c1-8-13-32-23(30)20-16(6)29(14(2)3)17(7)21(24(31)33-15(4)5)22(20)18-9-11-19(12-10-18)34-25(26,27)28;1-9-14-30-24(27)21-17(6)26(15(2)3)18(7)22(25(28)31-16(4)5)23(21)19-10-12-20(29-8)13-11-19;1-9-14-29-23(27)20-16(4)26-17(5)21(24(28)30-15(2)3)22(20)18-10-12-19(13-11-18)25(6,7)8;1-7-12-26-21(24)18-15(5)23-16(6)19(22(25)27-13(2)3)20(18)17-10-8-14(4)9-11-17/h9-12,14-15,22H,8,13H2,1-7H3;10-13,15-16,23H,9,14H2,1-8H3;10-13,15,22,26H,9,14H2,1-8H3;8-11,13,20,23H,7,12H2,1-6H3. The minimum Gasteiger partial charge on any atom is -0.497 e. The lowest BCUT2D eigenvalue weighted by Gasteiger charge is -2.40. The molecule has 0 radical (unpaired) electrons. The SMILES string of the molecule is CCCOC(=O)C1=C(C)N(C(C)C)C(C)=C(C(=O)OC(C)C)C1c1ccc(OC(F)(F)F)cc1.CCCOC(=O)C1=C(C)N(C(C)C)C(C)=C(C(=O)OC(C)C)C1c1ccc(OC)cc1.CCCOC(=O)C1=C(C)NC(C)=C(C(=O)OC(C)C)C1c1ccc(C(C)(C)C)cc1.CCCOC(=O)C1=C(C)NC(C)=C(C(=O)OC(C)C)C1c1ccc(C)cc1. The van der Waals surface area contributed by atoms with Gasteiger partial charge in [-0.1, -0.05) is 127 Å². The molecule has 0 saturated carbocycles. The molecule has 0 bridgehead atoms. The number of halogens is 3. The van der Waals surface area contributed by atoms with Crippen LogP contribution in [0.5, 0.6) is 11.5 Å². The maximum absolute atomic E-state index is 13.3. The summed E-state index contributed by atoms with van der Waals surface area (Å²) in [5.41, 5.74) is 14.0. The van der Waals surface area contributed by atoms with Crippen LogP contribution in [0.2, 0.25) is 0 Å². The average molecular weight is 1700 g/mol. The van der Waals surface area contributed by atoms with E-state index in [9.17, 15) is 51.5 Å². The van der Waals surface area contributed by atoms with Crippen molar-refractivity contribution in [1.82, 2.24) is 20.4 Å². The average Bonchev–Trinajstić information content (AvgIpc) is 0.748. The number of nitrogens with zero attached hydrogens (tertiary/aromatic N) is 2. The summed E-state index contributed by atoms with van der Waals surface area (Å²) >= 11 is 0. The van der Waals surface area contributed by atoms with Crippen LogP contribution in [-0.2, 0) is 81.7 Å². The zero-order chi connectivity index (χ0) is 91.9. The fourth-order valence-electron chi connectivity index (χ4n) is 15.0. The van der Waals surface area contributed by atoms with E-state index in [-0.39, 0.29) is 53.6 Å². The first-order valence-corrected chi connectivity index (χ1v) is 42.1. The molecule has 4 atom stereocenters. The monoisotopic (exact) mass is 1700 g/mol. The van der Waals surface area contributed by atoms with Gasteiger partial charge in [0.25, 0.3) is 0 Å². The Kier molecular flexibility index (Phi) is 38.2. The van der Waals surface area contributed by atoms with E-state index in [4.69, 9.17) is 42.6 Å². The Bertz CT molecular complexity index is 4620. The predicted molar refractivity (Wildman–Crippen MR) is 465 cm³/mol. The van der Waals surface area contributed by atoms with Crippen molar-refractivity contribution in [2.24, 2.45) is 0 Å². The lowest BCUT2D eigenvalue weighted by Crippen LogP contribution is -2.38. The summed E-state index contributed by atoms with van der Waals surface area (Å²) in [6.07, 6.45) is -3.24. The molecule has 4 aliphatic rings. The minimum absolute atomic E-state index is 0.00640. The van der Waals surface area contributed by atoms with Gasteiger partial charge in [-0.3, -0.25) is 0 Å². The van der Waals surface area contributed by atoms with Gasteiger partial charge in [-0.25, -0.2) is 38.4 Å². The molecule has 8 rings (SSSR count). The summed E-state index contributed by atoms with van der Waals surface area (Å²) in [5.74, 6) is -5.93. The number of ether oxygens (including phenoxy) is 10. The molecule has 122 heavy (non-hydrogen) atoms. The highest BCUT2D eigenvalue weighted by Crippen LogP contribution is 2.48. The van der Waals surface area contributed by atoms with Crippen LogP contribution in [0, 0.1) is 6.92 Å². The lowest BCUT2D eigenvalue weighted by molar-refractivity contribution is -0.274. The van der Waals surface area contributed by atoms with Gasteiger partial charge in [0.2, 0.25) is 0 Å². The van der Waals surface area contributed by atoms with Crippen LogP contribution < -0.4 is 20.1 Å². The van der Waals surface area contributed by atoms with Gasteiger partial charge in [0.15, 0.2) is 0 Å². The second-order valence-electron chi connectivity index (χ2n) is 33.1. The van der Waals surface area contributed by atoms with Crippen molar-refractivity contribution >= 4 is 47.8 Å². The summed E-state index contributed by atoms with van der Waals surface area (Å²) in [4.78, 5) is 109. The third-order valence-corrected chi connectivity index (χ3v) is 20.0. The molecule has 0 saturated heterocycles. The first-order valence-electron chi connectivity index (χ1n) is 42.1. The maximum Gasteiger partial charge on any atom is 0.573 e. The number of methoxy groups -OCH3 is 1. The number of aryl methyl sites for hydroxylation is 1. The van der Waals surface area contributed by atoms with Crippen molar-refractivity contribution in [3.63, 3.8) is 0 Å². The largest absolute Gasteiger partial charge is 0.573 e. The summed E-state index contributed by atoms with van der Waals surface area (Å²) in [6.45, 7) is 54.3. The number of alkyl halides is 3. The molecule has 0 fully saturated rings. The fourth-order valence-corrected chi connectivity index (χ4v) is 15.0. The highest BCUT2D eigenvalue weighted by atomic mass is 19.4. The Hall–Kier alpha value is -10.9. The Morgan fingerprint density at radius 2 is 0.574 bits per heavy atom. The molecule has 0 spiro atoms. The van der Waals surface area contributed by atoms with Crippen molar-refractivity contribution in [2.75, 3.05) is 33.5 Å². The van der Waals surface area contributed by atoms with Crippen molar-refractivity contribution in [3.8, 4) is 11.5 Å². The topological polar surface area (TPSA) is 259 Å². The maximum atomic E-state index is 13.3. The number of nitrogens with one attached hydrogen (secondary N) is 2. The van der Waals surface area contributed by atoms with Gasteiger partial charge in [-0.15, -0.1) is 13.2 Å². The molecule has 0 aliphatic carbocycles. The summed E-state index contributed by atoms with van der Waals surface area (Å²) in [7, 11) is 1.60. The van der Waals surface area contributed by atoms with Gasteiger partial charge in [0, 0.05) is 57.7 Å². The molecule has 4 unspecified atom stereocenters. The van der Waals surface area contributed by atoms with E-state index in [0.29, 0.717) is 105 Å². The van der Waals surface area contributed by atoms with E-state index in [1.54, 1.807) is 34.8 Å². The van der Waals surface area contributed by atoms with E-state index in [1.807, 2.05) is 216 Å². The van der Waals surface area contributed by atoms with Crippen molar-refractivity contribution < 1.29 is 98.9 Å². The van der Waals surface area contributed by atoms with Crippen molar-refractivity contribution in [2.45, 2.75) is 291 Å². The number of rotatable bonds is 28. The molecule has 22 nitrogen and oxygen atoms in total. The molecule has 4 aliphatic heterocycles. The van der Waals surface area contributed by atoms with Gasteiger partial charge in [0.1, 0.15) is 11.5 Å². The Morgan fingerprint density at radius 1 is 0.344 bits per heavy atom. The van der Waals surface area contributed by atoms with Gasteiger partial charge < -0.3 is 67.8 Å². The van der Waals surface area contributed by atoms with Crippen LogP contribution in [0.15, 0.2) is 187 Å². The fraction of sp³-hybridized carbons (Fsp3) is 0.505. The molecular formula is C97H131F3N4O18. The predicted octanol–water partition coefficient (Wildman–Crippen LogP) is 20.1. The zero-order valence-electron chi connectivity index (χ0n) is 77.0. The molecule has 0 amide bonds. The number of carbonyl (C=O) groups excluding carboxylic acids is 8. The number of esters is 8. The Morgan fingerprint density at radius 3 is 0.820 bits per heavy atom. The number of benzene rings is 4. The van der Waals surface area contributed by atoms with Crippen molar-refractivity contribution in [1.29, 1.82) is 0 Å². The van der Waals surface area contributed by atoms with E-state index >= 15 is 0 Å². The number of dihydropyridines is 2. The van der Waals surface area contributed by atoms with Crippen LogP contribution in [0.25, 0.3) is 0 Å². The third-order valence-electron chi connectivity index (χ3n) is 20.0.